The molecule has 3 N–H and O–H groups in total. The molecule has 1 aromatic heterocycles. The highest BCUT2D eigenvalue weighted by Crippen LogP contribution is 2.38. The van der Waals surface area contributed by atoms with Crippen molar-refractivity contribution in [2.24, 2.45) is 0 Å². The van der Waals surface area contributed by atoms with Crippen molar-refractivity contribution in [2.75, 3.05) is 23.5 Å². The normalized spacial score (nSPS) is 12.5. The highest BCUT2D eigenvalue weighted by molar-refractivity contribution is 9.10. The van der Waals surface area contributed by atoms with E-state index in [1.165, 1.54) is 30.2 Å². The first-order chi connectivity index (χ1) is 21.8. The summed E-state index contributed by atoms with van der Waals surface area (Å²) in [6.45, 7) is 0. The van der Waals surface area contributed by atoms with Crippen LogP contribution in [0.5, 0.6) is 0 Å². The molecule has 1 aliphatic carbocycles. The number of thiophene rings is 1. The molecular weight excluding hydrogens is 674 g/mol. The number of carbonyl (C=O) groups is 4. The molecule has 3 amide bonds. The van der Waals surface area contributed by atoms with Gasteiger partial charge in [0.15, 0.2) is 0 Å². The minimum absolute atomic E-state index is 0.0728. The zero-order valence-electron chi connectivity index (χ0n) is 24.4. The first-order valence-electron chi connectivity index (χ1n) is 14.2. The number of fused-ring (bicyclic) bond motifs is 1. The second-order valence-electron chi connectivity index (χ2n) is 10.2. The number of esters is 1. The van der Waals surface area contributed by atoms with Crippen LogP contribution in [0.4, 0.5) is 10.7 Å². The van der Waals surface area contributed by atoms with Crippen LogP contribution in [0.2, 0.25) is 0 Å². The fourth-order valence-electron chi connectivity index (χ4n) is 4.81. The van der Waals surface area contributed by atoms with Crippen molar-refractivity contribution in [3.8, 4) is 0 Å². The fourth-order valence-corrected chi connectivity index (χ4v) is 7.13. The van der Waals surface area contributed by atoms with Crippen molar-refractivity contribution in [2.45, 2.75) is 30.6 Å². The van der Waals surface area contributed by atoms with Gasteiger partial charge in [0.05, 0.1) is 18.4 Å². The van der Waals surface area contributed by atoms with E-state index in [-0.39, 0.29) is 17.4 Å². The van der Waals surface area contributed by atoms with Crippen molar-refractivity contribution in [3.63, 3.8) is 0 Å². The van der Waals surface area contributed by atoms with Gasteiger partial charge in [-0.2, -0.15) is 0 Å². The summed E-state index contributed by atoms with van der Waals surface area (Å²) in [6, 6.07) is 23.1. The Balaban J connectivity index is 1.26. The first-order valence-corrected chi connectivity index (χ1v) is 16.8. The number of carbonyl (C=O) groups excluding carboxylic acids is 4. The third kappa shape index (κ3) is 8.50. The Kier molecular flexibility index (Phi) is 10.9. The lowest BCUT2D eigenvalue weighted by molar-refractivity contribution is -0.114. The van der Waals surface area contributed by atoms with E-state index in [4.69, 9.17) is 4.74 Å². The molecule has 0 aliphatic heterocycles. The van der Waals surface area contributed by atoms with Crippen LogP contribution in [0.15, 0.2) is 93.9 Å². The summed E-state index contributed by atoms with van der Waals surface area (Å²) >= 11 is 6.15. The van der Waals surface area contributed by atoms with Gasteiger partial charge in [-0.05, 0) is 85.4 Å². The fraction of sp³-hybridized carbons (Fsp3) is 0.176. The van der Waals surface area contributed by atoms with E-state index in [0.717, 1.165) is 51.1 Å². The molecule has 3 aromatic carbocycles. The molecule has 0 radical (unpaired) electrons. The van der Waals surface area contributed by atoms with E-state index in [1.54, 1.807) is 48.5 Å². The van der Waals surface area contributed by atoms with Crippen molar-refractivity contribution in [3.05, 3.63) is 116 Å². The number of benzene rings is 3. The maximum atomic E-state index is 13.4. The Morgan fingerprint density at radius 1 is 0.933 bits per heavy atom. The van der Waals surface area contributed by atoms with Gasteiger partial charge in [-0.25, -0.2) is 4.79 Å². The molecular formula is C34H30BrN3O5S2. The van der Waals surface area contributed by atoms with Gasteiger partial charge < -0.3 is 20.7 Å². The maximum Gasteiger partial charge on any atom is 0.341 e. The lowest BCUT2D eigenvalue weighted by atomic mass is 9.95. The Morgan fingerprint density at radius 2 is 1.69 bits per heavy atom. The molecule has 11 heteroatoms. The SMILES string of the molecule is COC(=O)c1c(NC(=O)CSc2cccc(NC(=O)/C(=C/c3ccc(Br)cc3)NC(=O)c3ccccc3)c2)sc2c1CCCC2. The Hall–Kier alpha value is -4.19. The second kappa shape index (κ2) is 15.2. The predicted octanol–water partition coefficient (Wildman–Crippen LogP) is 7.32. The summed E-state index contributed by atoms with van der Waals surface area (Å²) in [7, 11) is 1.35. The van der Waals surface area contributed by atoms with E-state index >= 15 is 0 Å². The van der Waals surface area contributed by atoms with E-state index in [0.29, 0.717) is 21.8 Å². The van der Waals surface area contributed by atoms with Crippen molar-refractivity contribution in [1.82, 2.24) is 5.32 Å². The molecule has 8 nitrogen and oxygen atoms in total. The first kappa shape index (κ1) is 32.2. The van der Waals surface area contributed by atoms with Crippen molar-refractivity contribution < 1.29 is 23.9 Å². The summed E-state index contributed by atoms with van der Waals surface area (Å²) in [4.78, 5) is 53.7. The number of thioether (sulfide) groups is 1. The summed E-state index contributed by atoms with van der Waals surface area (Å²) < 4.78 is 5.89. The standard InChI is InChI=1S/C34H30BrN3O5S2/c1-43-34(42)30-26-12-5-6-13-28(26)45-33(30)38-29(39)20-44-25-11-7-10-24(19-25)36-32(41)27(18-21-14-16-23(35)17-15-21)37-31(40)22-8-3-2-4-9-22/h2-4,7-11,14-19H,5-6,12-13,20H2,1H3,(H,36,41)(H,37,40)(H,38,39)/b27-18-. The molecule has 0 unspecified atom stereocenters. The third-order valence-electron chi connectivity index (χ3n) is 6.99. The maximum absolute atomic E-state index is 13.4. The number of aryl methyl sites for hydroxylation is 1. The highest BCUT2D eigenvalue weighted by Gasteiger charge is 2.27. The zero-order valence-corrected chi connectivity index (χ0v) is 27.6. The van der Waals surface area contributed by atoms with Gasteiger partial charge in [-0.1, -0.05) is 52.3 Å². The van der Waals surface area contributed by atoms with E-state index in [1.807, 2.05) is 36.4 Å². The molecule has 0 spiro atoms. The third-order valence-corrected chi connectivity index (χ3v) is 9.72. The number of nitrogens with one attached hydrogen (secondary N) is 3. The highest BCUT2D eigenvalue weighted by atomic mass is 79.9. The van der Waals surface area contributed by atoms with Crippen LogP contribution >= 0.6 is 39.0 Å². The number of amides is 3. The molecule has 5 rings (SSSR count). The summed E-state index contributed by atoms with van der Waals surface area (Å²) in [6.07, 6.45) is 5.37. The van der Waals surface area contributed by atoms with Gasteiger partial charge in [0, 0.05) is 25.5 Å². The molecule has 1 aliphatic rings. The molecule has 4 aromatic rings. The lowest BCUT2D eigenvalue weighted by Gasteiger charge is -2.12. The minimum Gasteiger partial charge on any atom is -0.465 e. The number of hydrogen-bond acceptors (Lipinski definition) is 7. The number of hydrogen-bond donors (Lipinski definition) is 3. The average Bonchev–Trinajstić information content (AvgIpc) is 3.42. The number of halogens is 1. The van der Waals surface area contributed by atoms with Crippen LogP contribution in [-0.2, 0) is 27.2 Å². The smallest absolute Gasteiger partial charge is 0.341 e. The van der Waals surface area contributed by atoms with Crippen molar-refractivity contribution in [1.29, 1.82) is 0 Å². The molecule has 0 fully saturated rings. The van der Waals surface area contributed by atoms with E-state index < -0.39 is 17.8 Å². The topological polar surface area (TPSA) is 114 Å². The molecule has 0 bridgehead atoms. The average molecular weight is 705 g/mol. The molecule has 230 valence electrons. The molecule has 1 heterocycles. The second-order valence-corrected chi connectivity index (χ2v) is 13.2. The van der Waals surface area contributed by atoms with Gasteiger partial charge in [0.25, 0.3) is 11.8 Å². The molecule has 0 saturated carbocycles. The molecule has 0 atom stereocenters. The molecule has 45 heavy (non-hydrogen) atoms. The lowest BCUT2D eigenvalue weighted by Crippen LogP contribution is -2.30. The summed E-state index contributed by atoms with van der Waals surface area (Å²) in [5.74, 6) is -1.50. The van der Waals surface area contributed by atoms with Gasteiger partial charge in [-0.15, -0.1) is 23.1 Å². The summed E-state index contributed by atoms with van der Waals surface area (Å²) in [5.41, 5.74) is 3.17. The Bertz CT molecular complexity index is 1750. The number of ether oxygens (including phenoxy) is 1. The zero-order chi connectivity index (χ0) is 31.8. The predicted molar refractivity (Wildman–Crippen MR) is 183 cm³/mol. The van der Waals surface area contributed by atoms with Gasteiger partial charge in [-0.3, -0.25) is 14.4 Å². The van der Waals surface area contributed by atoms with Crippen LogP contribution in [0.25, 0.3) is 6.08 Å². The quantitative estimate of drug-likeness (QED) is 0.0907. The van der Waals surface area contributed by atoms with E-state index in [2.05, 4.69) is 31.9 Å². The molecule has 0 saturated heterocycles. The van der Waals surface area contributed by atoms with Gasteiger partial charge >= 0.3 is 5.97 Å². The van der Waals surface area contributed by atoms with Crippen molar-refractivity contribution >= 4 is 79.5 Å². The largest absolute Gasteiger partial charge is 0.465 e. The van der Waals surface area contributed by atoms with Gasteiger partial charge in [0.1, 0.15) is 10.7 Å². The monoisotopic (exact) mass is 703 g/mol. The summed E-state index contributed by atoms with van der Waals surface area (Å²) in [5, 5.41) is 9.04. The van der Waals surface area contributed by atoms with Crippen LogP contribution in [0.1, 0.15) is 49.6 Å². The van der Waals surface area contributed by atoms with Gasteiger partial charge in [0.2, 0.25) is 5.91 Å². The van der Waals surface area contributed by atoms with Crippen LogP contribution in [0.3, 0.4) is 0 Å². The van der Waals surface area contributed by atoms with Crippen LogP contribution < -0.4 is 16.0 Å². The van der Waals surface area contributed by atoms with E-state index in [9.17, 15) is 19.2 Å². The number of rotatable bonds is 10. The minimum atomic E-state index is -0.501. The Morgan fingerprint density at radius 3 is 2.44 bits per heavy atom. The van der Waals surface area contributed by atoms with Crippen LogP contribution in [0, 0.1) is 0 Å². The Labute approximate surface area is 277 Å². The van der Waals surface area contributed by atoms with Crippen LogP contribution in [-0.4, -0.2) is 36.6 Å². The number of anilines is 2. The number of methoxy groups -OCH3 is 1.